The van der Waals surface area contributed by atoms with Gasteiger partial charge in [-0.2, -0.15) is 0 Å². The summed E-state index contributed by atoms with van der Waals surface area (Å²) >= 11 is 0. The van der Waals surface area contributed by atoms with E-state index in [9.17, 15) is 4.79 Å². The fourth-order valence-corrected chi connectivity index (χ4v) is 2.48. The van der Waals surface area contributed by atoms with Crippen LogP contribution in [0.3, 0.4) is 0 Å². The van der Waals surface area contributed by atoms with Crippen molar-refractivity contribution in [2.45, 2.75) is 25.7 Å². The summed E-state index contributed by atoms with van der Waals surface area (Å²) in [6.45, 7) is 4.05. The van der Waals surface area contributed by atoms with Gasteiger partial charge < -0.3 is 0 Å². The molecule has 0 atom stereocenters. The van der Waals surface area contributed by atoms with Crippen LogP contribution in [-0.2, 0) is 37.5 Å². The van der Waals surface area contributed by atoms with Gasteiger partial charge >= 0.3 is 0 Å². The van der Waals surface area contributed by atoms with E-state index in [0.29, 0.717) is 0 Å². The molecular weight excluding hydrogens is 301 g/mol. The van der Waals surface area contributed by atoms with Crippen LogP contribution in [0.1, 0.15) is 36.8 Å². The van der Waals surface area contributed by atoms with Crippen molar-refractivity contribution in [3.8, 4) is 0 Å². The molecule has 1 aliphatic carbocycles. The molecule has 2 rings (SSSR count). The Morgan fingerprint density at radius 2 is 1.94 bits per heavy atom. The number of carbonyl (C=O) groups is 1. The number of amides is 1. The minimum atomic E-state index is -0.0352. The molecule has 3 N–H and O–H groups in total. The molecule has 4 heteroatoms. The SMILES string of the molecule is [CH2-]c1ccccc1[C-]1CCC(C(=O)NN)CC1.[Y]. The van der Waals surface area contributed by atoms with Crippen LogP contribution in [0, 0.1) is 18.8 Å². The third-order valence-electron chi connectivity index (χ3n) is 3.50. The van der Waals surface area contributed by atoms with Gasteiger partial charge in [0.05, 0.1) is 0 Å². The number of rotatable bonds is 2. The fourth-order valence-electron chi connectivity index (χ4n) is 2.48. The molecule has 0 aliphatic heterocycles. The quantitative estimate of drug-likeness (QED) is 0.379. The Morgan fingerprint density at radius 1 is 1.33 bits per heavy atom. The number of nitrogens with two attached hydrogens (primary N) is 1. The summed E-state index contributed by atoms with van der Waals surface area (Å²) < 4.78 is 0. The molecule has 1 aliphatic rings. The van der Waals surface area contributed by atoms with Gasteiger partial charge in [0.15, 0.2) is 0 Å². The Kier molecular flexibility index (Phi) is 6.20. The molecule has 95 valence electrons. The number of hydrazine groups is 1. The van der Waals surface area contributed by atoms with Crippen LogP contribution >= 0.6 is 0 Å². The van der Waals surface area contributed by atoms with E-state index in [0.717, 1.165) is 31.2 Å². The van der Waals surface area contributed by atoms with Crippen LogP contribution in [0.4, 0.5) is 0 Å². The Balaban J connectivity index is 0.00000162. The van der Waals surface area contributed by atoms with Crippen LogP contribution in [0.2, 0.25) is 0 Å². The van der Waals surface area contributed by atoms with Gasteiger partial charge in [0.1, 0.15) is 0 Å². The normalized spacial score (nSPS) is 15.9. The summed E-state index contributed by atoms with van der Waals surface area (Å²) in [5, 5.41) is 0. The van der Waals surface area contributed by atoms with E-state index in [1.54, 1.807) is 0 Å². The first-order chi connectivity index (χ1) is 8.22. The van der Waals surface area contributed by atoms with Crippen LogP contribution in [-0.4, -0.2) is 5.91 Å². The first-order valence-corrected chi connectivity index (χ1v) is 5.99. The number of hydrogen-bond acceptors (Lipinski definition) is 2. The summed E-state index contributed by atoms with van der Waals surface area (Å²) in [5.74, 6) is 6.60. The van der Waals surface area contributed by atoms with Crippen molar-refractivity contribution in [1.82, 2.24) is 5.43 Å². The molecule has 1 saturated carbocycles. The first kappa shape index (κ1) is 15.6. The molecule has 1 aromatic rings. The van der Waals surface area contributed by atoms with E-state index in [-0.39, 0.29) is 44.5 Å². The van der Waals surface area contributed by atoms with E-state index in [4.69, 9.17) is 5.84 Å². The van der Waals surface area contributed by atoms with Gasteiger partial charge in [-0.3, -0.25) is 28.3 Å². The number of carbonyl (C=O) groups excluding carboxylic acids is 1. The van der Waals surface area contributed by atoms with Crippen molar-refractivity contribution in [3.63, 3.8) is 0 Å². The number of nitrogens with one attached hydrogen (secondary N) is 1. The Bertz CT molecular complexity index is 401. The molecule has 18 heavy (non-hydrogen) atoms. The second-order valence-corrected chi connectivity index (χ2v) is 4.54. The Hall–Kier alpha value is -0.506. The van der Waals surface area contributed by atoms with Crippen molar-refractivity contribution in [2.75, 3.05) is 0 Å². The first-order valence-electron chi connectivity index (χ1n) is 5.99. The van der Waals surface area contributed by atoms with Crippen LogP contribution in [0.25, 0.3) is 0 Å². The molecule has 1 fully saturated rings. The van der Waals surface area contributed by atoms with E-state index in [2.05, 4.69) is 18.4 Å². The van der Waals surface area contributed by atoms with E-state index in [1.165, 1.54) is 11.5 Å². The molecule has 0 saturated heterocycles. The summed E-state index contributed by atoms with van der Waals surface area (Å²) in [7, 11) is 0. The van der Waals surface area contributed by atoms with Gasteiger partial charge in [0.25, 0.3) is 0 Å². The molecule has 0 unspecified atom stereocenters. The summed E-state index contributed by atoms with van der Waals surface area (Å²) in [6.07, 6.45) is 3.69. The van der Waals surface area contributed by atoms with Gasteiger partial charge in [-0.05, 0) is 12.8 Å². The Morgan fingerprint density at radius 3 is 2.50 bits per heavy atom. The molecule has 0 spiro atoms. The van der Waals surface area contributed by atoms with Crippen molar-refractivity contribution in [2.24, 2.45) is 11.8 Å². The average Bonchev–Trinajstić information content (AvgIpc) is 2.39. The molecule has 0 bridgehead atoms. The molecule has 1 radical (unpaired) electrons. The van der Waals surface area contributed by atoms with E-state index >= 15 is 0 Å². The molecule has 0 heterocycles. The molecule has 1 aromatic carbocycles. The van der Waals surface area contributed by atoms with Crippen molar-refractivity contribution >= 4 is 5.91 Å². The van der Waals surface area contributed by atoms with Gasteiger partial charge in [-0.15, -0.1) is 12.1 Å². The predicted molar refractivity (Wildman–Crippen MR) is 67.5 cm³/mol. The maximum absolute atomic E-state index is 11.4. The van der Waals surface area contributed by atoms with Crippen molar-refractivity contribution in [3.05, 3.63) is 48.2 Å². The topological polar surface area (TPSA) is 55.1 Å². The van der Waals surface area contributed by atoms with Crippen molar-refractivity contribution < 1.29 is 37.5 Å². The minimum Gasteiger partial charge on any atom is -0.299 e. The zero-order chi connectivity index (χ0) is 12.3. The molecule has 1 amide bonds. The fraction of sp³-hybridized carbons (Fsp3) is 0.357. The largest absolute Gasteiger partial charge is 0.299 e. The zero-order valence-corrected chi connectivity index (χ0v) is 13.3. The molecule has 3 nitrogen and oxygen atoms in total. The van der Waals surface area contributed by atoms with E-state index in [1.807, 2.05) is 18.2 Å². The summed E-state index contributed by atoms with van der Waals surface area (Å²) in [4.78, 5) is 11.4. The smallest absolute Gasteiger partial charge is 0.236 e. The predicted octanol–water partition coefficient (Wildman–Crippen LogP) is 1.97. The third-order valence-corrected chi connectivity index (χ3v) is 3.50. The summed E-state index contributed by atoms with van der Waals surface area (Å²) in [6, 6.07) is 8.18. The number of benzene rings is 1. The Labute approximate surface area is 134 Å². The molecule has 0 aromatic heterocycles. The number of hydrogen-bond donors (Lipinski definition) is 2. The maximum Gasteiger partial charge on any atom is 0.236 e. The third kappa shape index (κ3) is 3.50. The van der Waals surface area contributed by atoms with Gasteiger partial charge in [0.2, 0.25) is 5.91 Å². The summed E-state index contributed by atoms with van der Waals surface area (Å²) in [5.41, 5.74) is 4.56. The van der Waals surface area contributed by atoms with E-state index < -0.39 is 0 Å². The standard InChI is InChI=1S/C14H18N2O.Y/c1-10-4-2-3-5-13(10)11-6-8-12(9-7-11)14(17)16-15;/h2-5,12H,1,6-9,15H2,(H,16,17);/q-2;. The van der Waals surface area contributed by atoms with Crippen LogP contribution in [0.15, 0.2) is 24.3 Å². The monoisotopic (exact) mass is 319 g/mol. The van der Waals surface area contributed by atoms with Crippen LogP contribution in [0.5, 0.6) is 0 Å². The second kappa shape index (κ2) is 7.17. The van der Waals surface area contributed by atoms with Crippen molar-refractivity contribution in [1.29, 1.82) is 0 Å². The van der Waals surface area contributed by atoms with Gasteiger partial charge in [-0.25, -0.2) is 23.9 Å². The maximum atomic E-state index is 11.4. The second-order valence-electron chi connectivity index (χ2n) is 4.54. The van der Waals surface area contributed by atoms with Gasteiger partial charge in [0, 0.05) is 38.6 Å². The zero-order valence-electron chi connectivity index (χ0n) is 10.5. The van der Waals surface area contributed by atoms with Crippen LogP contribution < -0.4 is 11.3 Å². The average molecular weight is 319 g/mol. The minimum absolute atomic E-state index is 0. The van der Waals surface area contributed by atoms with Gasteiger partial charge in [-0.1, -0.05) is 12.8 Å². The molecular formula is C14H18N2OY-2.